The number of hydrogen-bond acceptors (Lipinski definition) is 4. The molecule has 0 atom stereocenters. The van der Waals surface area contributed by atoms with E-state index >= 15 is 0 Å². The molecule has 0 aromatic carbocycles. The Morgan fingerprint density at radius 2 is 2.21 bits per heavy atom. The molecule has 0 amide bonds. The second-order valence-corrected chi connectivity index (χ2v) is 6.35. The normalized spacial score (nSPS) is 12.2. The first-order valence-corrected chi connectivity index (χ1v) is 7.46. The number of hydrogen-bond donors (Lipinski definition) is 2. The summed E-state index contributed by atoms with van der Waals surface area (Å²) >= 11 is 0. The Balaban J connectivity index is 2.11. The van der Waals surface area contributed by atoms with Crippen LogP contribution in [0.3, 0.4) is 0 Å². The molecule has 6 nitrogen and oxygen atoms in total. The molecule has 2 heterocycles. The van der Waals surface area contributed by atoms with Gasteiger partial charge in [0.1, 0.15) is 11.6 Å². The average Bonchev–Trinajstić information content (AvgIpc) is 2.95. The van der Waals surface area contributed by atoms with E-state index in [2.05, 4.69) is 14.7 Å². The molecular formula is C12H17N3O3S. The molecule has 19 heavy (non-hydrogen) atoms. The van der Waals surface area contributed by atoms with Gasteiger partial charge in [0, 0.05) is 18.0 Å². The Kier molecular flexibility index (Phi) is 3.77. The van der Waals surface area contributed by atoms with Crippen LogP contribution in [0.4, 0.5) is 0 Å². The molecule has 2 rings (SSSR count). The molecule has 2 aromatic heterocycles. The van der Waals surface area contributed by atoms with Crippen LogP contribution >= 0.6 is 0 Å². The molecule has 0 saturated carbocycles. The van der Waals surface area contributed by atoms with Crippen molar-refractivity contribution < 1.29 is 12.8 Å². The van der Waals surface area contributed by atoms with Crippen LogP contribution in [0.15, 0.2) is 28.0 Å². The second-order valence-electron chi connectivity index (χ2n) is 4.61. The number of furan rings is 1. The average molecular weight is 283 g/mol. The van der Waals surface area contributed by atoms with E-state index in [0.717, 1.165) is 5.56 Å². The molecule has 0 aliphatic carbocycles. The number of aromatic nitrogens is 2. The van der Waals surface area contributed by atoms with Crippen LogP contribution in [0.2, 0.25) is 0 Å². The molecule has 0 bridgehead atoms. The SMILES string of the molecule is Cc1occc1CNS(=O)(=O)c1cnc(C(C)C)[nH]1. The monoisotopic (exact) mass is 283 g/mol. The van der Waals surface area contributed by atoms with Crippen LogP contribution in [0.1, 0.15) is 36.9 Å². The van der Waals surface area contributed by atoms with E-state index in [-0.39, 0.29) is 17.5 Å². The highest BCUT2D eigenvalue weighted by atomic mass is 32.2. The molecule has 0 radical (unpaired) electrons. The zero-order valence-electron chi connectivity index (χ0n) is 11.1. The predicted molar refractivity (Wildman–Crippen MR) is 70.1 cm³/mol. The van der Waals surface area contributed by atoms with Crippen molar-refractivity contribution in [2.45, 2.75) is 38.3 Å². The number of nitrogens with one attached hydrogen (secondary N) is 2. The van der Waals surface area contributed by atoms with Gasteiger partial charge in [0.2, 0.25) is 0 Å². The Labute approximate surface area is 112 Å². The summed E-state index contributed by atoms with van der Waals surface area (Å²) in [6.07, 6.45) is 2.87. The quantitative estimate of drug-likeness (QED) is 0.877. The summed E-state index contributed by atoms with van der Waals surface area (Å²) in [6.45, 7) is 5.87. The van der Waals surface area contributed by atoms with E-state index in [1.807, 2.05) is 13.8 Å². The summed E-state index contributed by atoms with van der Waals surface area (Å²) in [5.74, 6) is 1.51. The standard InChI is InChI=1S/C12H17N3O3S/c1-8(2)12-13-7-11(15-12)19(16,17)14-6-10-4-5-18-9(10)3/h4-5,7-8,14H,6H2,1-3H3,(H,13,15). The first-order valence-electron chi connectivity index (χ1n) is 5.97. The maximum absolute atomic E-state index is 12.1. The Hall–Kier alpha value is -1.60. The number of aryl methyl sites for hydroxylation is 1. The highest BCUT2D eigenvalue weighted by molar-refractivity contribution is 7.89. The van der Waals surface area contributed by atoms with Gasteiger partial charge in [0.05, 0.1) is 12.5 Å². The van der Waals surface area contributed by atoms with Gasteiger partial charge in [-0.25, -0.2) is 18.1 Å². The number of aromatic amines is 1. The lowest BCUT2D eigenvalue weighted by molar-refractivity contribution is 0.528. The highest BCUT2D eigenvalue weighted by Crippen LogP contribution is 2.14. The largest absolute Gasteiger partial charge is 0.469 e. The molecule has 7 heteroatoms. The number of sulfonamides is 1. The van der Waals surface area contributed by atoms with Crippen LogP contribution in [0, 0.1) is 6.92 Å². The van der Waals surface area contributed by atoms with Gasteiger partial charge in [0.15, 0.2) is 5.03 Å². The number of H-pyrrole nitrogens is 1. The minimum atomic E-state index is -3.58. The van der Waals surface area contributed by atoms with E-state index in [0.29, 0.717) is 11.6 Å². The molecule has 0 unspecified atom stereocenters. The van der Waals surface area contributed by atoms with Gasteiger partial charge < -0.3 is 9.40 Å². The molecule has 0 saturated heterocycles. The lowest BCUT2D eigenvalue weighted by Gasteiger charge is -2.04. The van der Waals surface area contributed by atoms with Gasteiger partial charge in [0.25, 0.3) is 10.0 Å². The topological polar surface area (TPSA) is 88.0 Å². The predicted octanol–water partition coefficient (Wildman–Crippen LogP) is 1.91. The van der Waals surface area contributed by atoms with Crippen molar-refractivity contribution in [3.8, 4) is 0 Å². The van der Waals surface area contributed by atoms with Gasteiger partial charge in [-0.2, -0.15) is 0 Å². The fourth-order valence-corrected chi connectivity index (χ4v) is 2.53. The van der Waals surface area contributed by atoms with Crippen LogP contribution in [-0.4, -0.2) is 18.4 Å². The summed E-state index contributed by atoms with van der Waals surface area (Å²) in [5, 5.41) is 0.0809. The molecule has 0 fully saturated rings. The Morgan fingerprint density at radius 3 is 2.74 bits per heavy atom. The maximum Gasteiger partial charge on any atom is 0.257 e. The molecule has 0 aliphatic heterocycles. The zero-order valence-corrected chi connectivity index (χ0v) is 11.9. The third-order valence-corrected chi connectivity index (χ3v) is 4.14. The smallest absolute Gasteiger partial charge is 0.257 e. The number of nitrogens with zero attached hydrogens (tertiary/aromatic N) is 1. The molecule has 0 aliphatic rings. The first kappa shape index (κ1) is 13.8. The van der Waals surface area contributed by atoms with E-state index < -0.39 is 10.0 Å². The van der Waals surface area contributed by atoms with E-state index in [1.165, 1.54) is 12.5 Å². The fourth-order valence-electron chi connectivity index (χ4n) is 1.59. The fraction of sp³-hybridized carbons (Fsp3) is 0.417. The Bertz CT molecular complexity index is 655. The third-order valence-electron chi connectivity index (χ3n) is 2.83. The van der Waals surface area contributed by atoms with Crippen molar-refractivity contribution in [1.29, 1.82) is 0 Å². The summed E-state index contributed by atoms with van der Waals surface area (Å²) in [5.41, 5.74) is 0.812. The second kappa shape index (κ2) is 5.18. The van der Waals surface area contributed by atoms with Crippen molar-refractivity contribution in [2.24, 2.45) is 0 Å². The van der Waals surface area contributed by atoms with Crippen LogP contribution < -0.4 is 4.72 Å². The van der Waals surface area contributed by atoms with Crippen molar-refractivity contribution in [3.63, 3.8) is 0 Å². The number of rotatable bonds is 5. The maximum atomic E-state index is 12.1. The Morgan fingerprint density at radius 1 is 1.47 bits per heavy atom. The zero-order chi connectivity index (χ0) is 14.0. The van der Waals surface area contributed by atoms with E-state index in [9.17, 15) is 8.42 Å². The van der Waals surface area contributed by atoms with Crippen LogP contribution in [0.25, 0.3) is 0 Å². The van der Waals surface area contributed by atoms with Gasteiger partial charge in [-0.15, -0.1) is 0 Å². The summed E-state index contributed by atoms with van der Waals surface area (Å²) in [7, 11) is -3.58. The molecular weight excluding hydrogens is 266 g/mol. The lowest BCUT2D eigenvalue weighted by atomic mass is 10.2. The minimum Gasteiger partial charge on any atom is -0.469 e. The van der Waals surface area contributed by atoms with Crippen molar-refractivity contribution in [2.75, 3.05) is 0 Å². The number of imidazole rings is 1. The van der Waals surface area contributed by atoms with Gasteiger partial charge in [-0.1, -0.05) is 13.8 Å². The molecule has 2 aromatic rings. The first-order chi connectivity index (χ1) is 8.90. The summed E-state index contributed by atoms with van der Waals surface area (Å²) < 4.78 is 31.8. The van der Waals surface area contributed by atoms with Crippen molar-refractivity contribution in [1.82, 2.24) is 14.7 Å². The highest BCUT2D eigenvalue weighted by Gasteiger charge is 2.18. The summed E-state index contributed by atoms with van der Waals surface area (Å²) in [6, 6.07) is 1.74. The molecule has 0 spiro atoms. The van der Waals surface area contributed by atoms with Crippen LogP contribution in [0.5, 0.6) is 0 Å². The van der Waals surface area contributed by atoms with Gasteiger partial charge in [-0.05, 0) is 13.0 Å². The molecule has 104 valence electrons. The summed E-state index contributed by atoms with van der Waals surface area (Å²) in [4.78, 5) is 6.86. The molecule has 2 N–H and O–H groups in total. The van der Waals surface area contributed by atoms with E-state index in [4.69, 9.17) is 4.42 Å². The minimum absolute atomic E-state index is 0.0809. The van der Waals surface area contributed by atoms with Crippen molar-refractivity contribution >= 4 is 10.0 Å². The van der Waals surface area contributed by atoms with Crippen molar-refractivity contribution in [3.05, 3.63) is 35.7 Å². The third kappa shape index (κ3) is 3.05. The lowest BCUT2D eigenvalue weighted by Crippen LogP contribution is -2.23. The van der Waals surface area contributed by atoms with Crippen LogP contribution in [-0.2, 0) is 16.6 Å². The van der Waals surface area contributed by atoms with Gasteiger partial charge >= 0.3 is 0 Å². The van der Waals surface area contributed by atoms with Gasteiger partial charge in [-0.3, -0.25) is 0 Å². The van der Waals surface area contributed by atoms with E-state index in [1.54, 1.807) is 13.0 Å².